The van der Waals surface area contributed by atoms with Gasteiger partial charge in [-0.2, -0.15) is 9.36 Å². The first-order valence-corrected chi connectivity index (χ1v) is 5.78. The number of halogens is 1. The van der Waals surface area contributed by atoms with Gasteiger partial charge in [0.15, 0.2) is 0 Å². The second-order valence-corrected chi connectivity index (χ2v) is 5.07. The highest BCUT2D eigenvalue weighted by Gasteiger charge is 2.01. The predicted octanol–water partition coefficient (Wildman–Crippen LogP) is 2.45. The Kier molecular flexibility index (Phi) is 2.85. The lowest BCUT2D eigenvalue weighted by Gasteiger charge is -1.97. The van der Waals surface area contributed by atoms with Gasteiger partial charge in [-0.15, -0.1) is 11.3 Å². The molecule has 0 spiro atoms. The van der Waals surface area contributed by atoms with Crippen LogP contribution in [0, 0.1) is 0 Å². The first-order chi connectivity index (χ1) is 6.74. The molecule has 7 heteroatoms. The van der Waals surface area contributed by atoms with Crippen molar-refractivity contribution in [2.45, 2.75) is 6.54 Å². The van der Waals surface area contributed by atoms with Crippen LogP contribution in [0.1, 0.15) is 4.88 Å². The number of thiophene rings is 1. The standard InChI is InChI=1S/C7H7ClN4S2/c8-5-2-1-4(13-5)3-10-7-11-6(9)12-14-7/h1-2H,3H2,(H3,9,10,11,12). The lowest BCUT2D eigenvalue weighted by molar-refractivity contribution is 1.17. The Labute approximate surface area is 93.9 Å². The number of nitrogens with one attached hydrogen (secondary N) is 1. The summed E-state index contributed by atoms with van der Waals surface area (Å²) in [6.45, 7) is 0.700. The minimum absolute atomic E-state index is 0.307. The Morgan fingerprint density at radius 2 is 2.36 bits per heavy atom. The van der Waals surface area contributed by atoms with Crippen molar-refractivity contribution in [1.82, 2.24) is 9.36 Å². The number of rotatable bonds is 3. The highest BCUT2D eigenvalue weighted by atomic mass is 35.5. The Morgan fingerprint density at radius 1 is 1.50 bits per heavy atom. The van der Waals surface area contributed by atoms with Crippen molar-refractivity contribution in [1.29, 1.82) is 0 Å². The van der Waals surface area contributed by atoms with E-state index in [1.54, 1.807) is 11.3 Å². The summed E-state index contributed by atoms with van der Waals surface area (Å²) in [7, 11) is 0. The quantitative estimate of drug-likeness (QED) is 0.873. The molecule has 2 heterocycles. The molecule has 2 aromatic heterocycles. The zero-order valence-electron chi connectivity index (χ0n) is 7.03. The van der Waals surface area contributed by atoms with Gasteiger partial charge < -0.3 is 11.1 Å². The molecular formula is C7H7ClN4S2. The van der Waals surface area contributed by atoms with Crippen LogP contribution in [-0.2, 0) is 6.54 Å². The Hall–Kier alpha value is -0.850. The van der Waals surface area contributed by atoms with Gasteiger partial charge >= 0.3 is 0 Å². The van der Waals surface area contributed by atoms with Gasteiger partial charge in [0, 0.05) is 16.4 Å². The number of nitrogens with zero attached hydrogens (tertiary/aromatic N) is 2. The van der Waals surface area contributed by atoms with Crippen molar-refractivity contribution in [2.75, 3.05) is 11.1 Å². The predicted molar refractivity (Wildman–Crippen MR) is 61.0 cm³/mol. The summed E-state index contributed by atoms with van der Waals surface area (Å²) in [5, 5.41) is 3.84. The highest BCUT2D eigenvalue weighted by molar-refractivity contribution is 7.16. The molecule has 0 radical (unpaired) electrons. The normalized spacial score (nSPS) is 10.4. The number of nitrogens with two attached hydrogens (primary N) is 1. The summed E-state index contributed by atoms with van der Waals surface area (Å²) in [4.78, 5) is 5.13. The van der Waals surface area contributed by atoms with Crippen LogP contribution in [0.15, 0.2) is 12.1 Å². The monoisotopic (exact) mass is 246 g/mol. The molecule has 0 aliphatic rings. The van der Waals surface area contributed by atoms with Crippen LogP contribution in [0.3, 0.4) is 0 Å². The van der Waals surface area contributed by atoms with Crippen molar-refractivity contribution in [3.05, 3.63) is 21.3 Å². The molecule has 0 unspecified atom stereocenters. The van der Waals surface area contributed by atoms with Gasteiger partial charge in [-0.25, -0.2) is 0 Å². The van der Waals surface area contributed by atoms with E-state index in [0.29, 0.717) is 12.5 Å². The lowest BCUT2D eigenvalue weighted by Crippen LogP contribution is -1.96. The summed E-state index contributed by atoms with van der Waals surface area (Å²) in [6, 6.07) is 3.85. The molecule has 2 rings (SSSR count). The summed E-state index contributed by atoms with van der Waals surface area (Å²) in [6.07, 6.45) is 0. The van der Waals surface area contributed by atoms with E-state index in [1.165, 1.54) is 11.5 Å². The van der Waals surface area contributed by atoms with Crippen LogP contribution in [0.4, 0.5) is 11.1 Å². The van der Waals surface area contributed by atoms with E-state index in [9.17, 15) is 0 Å². The first kappa shape index (κ1) is 9.70. The summed E-state index contributed by atoms with van der Waals surface area (Å²) >= 11 is 8.58. The van der Waals surface area contributed by atoms with Gasteiger partial charge in [-0.1, -0.05) is 11.6 Å². The summed E-state index contributed by atoms with van der Waals surface area (Å²) in [5.41, 5.74) is 5.38. The van der Waals surface area contributed by atoms with E-state index < -0.39 is 0 Å². The Bertz CT molecular complexity index is 385. The molecule has 0 saturated carbocycles. The maximum atomic E-state index is 5.79. The third-order valence-electron chi connectivity index (χ3n) is 1.48. The molecule has 0 aromatic carbocycles. The average molecular weight is 247 g/mol. The van der Waals surface area contributed by atoms with Gasteiger partial charge in [-0.05, 0) is 12.1 Å². The largest absolute Gasteiger partial charge is 0.367 e. The van der Waals surface area contributed by atoms with E-state index >= 15 is 0 Å². The number of aromatic nitrogens is 2. The highest BCUT2D eigenvalue weighted by Crippen LogP contribution is 2.22. The lowest BCUT2D eigenvalue weighted by atomic mass is 10.5. The van der Waals surface area contributed by atoms with Crippen LogP contribution in [0.25, 0.3) is 0 Å². The van der Waals surface area contributed by atoms with Crippen molar-refractivity contribution >= 4 is 45.6 Å². The molecule has 14 heavy (non-hydrogen) atoms. The van der Waals surface area contributed by atoms with Crippen molar-refractivity contribution in [3.8, 4) is 0 Å². The molecule has 74 valence electrons. The second kappa shape index (κ2) is 4.12. The van der Waals surface area contributed by atoms with Crippen LogP contribution >= 0.6 is 34.5 Å². The van der Waals surface area contributed by atoms with Crippen molar-refractivity contribution in [2.24, 2.45) is 0 Å². The smallest absolute Gasteiger partial charge is 0.233 e. The topological polar surface area (TPSA) is 63.8 Å². The fourth-order valence-electron chi connectivity index (χ4n) is 0.916. The molecule has 4 nitrogen and oxygen atoms in total. The molecule has 0 saturated heterocycles. The molecule has 2 aromatic rings. The van der Waals surface area contributed by atoms with Gasteiger partial charge in [0.25, 0.3) is 0 Å². The van der Waals surface area contributed by atoms with Gasteiger partial charge in [0.1, 0.15) is 0 Å². The molecule has 0 fully saturated rings. The van der Waals surface area contributed by atoms with Gasteiger partial charge in [-0.3, -0.25) is 0 Å². The molecule has 0 aliphatic heterocycles. The first-order valence-electron chi connectivity index (χ1n) is 3.81. The SMILES string of the molecule is Nc1nsc(NCc2ccc(Cl)s2)n1. The number of hydrogen-bond donors (Lipinski definition) is 2. The minimum Gasteiger partial charge on any atom is -0.367 e. The van der Waals surface area contributed by atoms with E-state index in [2.05, 4.69) is 14.7 Å². The zero-order valence-corrected chi connectivity index (χ0v) is 9.42. The van der Waals surface area contributed by atoms with Crippen LogP contribution < -0.4 is 11.1 Å². The Balaban J connectivity index is 1.94. The van der Waals surface area contributed by atoms with E-state index in [-0.39, 0.29) is 0 Å². The molecule has 0 bridgehead atoms. The second-order valence-electron chi connectivity index (χ2n) is 2.52. The fourth-order valence-corrected chi connectivity index (χ4v) is 2.44. The maximum Gasteiger partial charge on any atom is 0.233 e. The van der Waals surface area contributed by atoms with E-state index in [4.69, 9.17) is 17.3 Å². The summed E-state index contributed by atoms with van der Waals surface area (Å²) < 4.78 is 4.65. The third-order valence-corrected chi connectivity index (χ3v) is 3.40. The molecule has 0 amide bonds. The Morgan fingerprint density at radius 3 is 2.93 bits per heavy atom. The van der Waals surface area contributed by atoms with Crippen LogP contribution in [0.5, 0.6) is 0 Å². The third kappa shape index (κ3) is 2.34. The number of nitrogen functional groups attached to an aromatic ring is 1. The molecule has 0 atom stereocenters. The zero-order chi connectivity index (χ0) is 9.97. The van der Waals surface area contributed by atoms with Crippen LogP contribution in [0.2, 0.25) is 4.34 Å². The van der Waals surface area contributed by atoms with Gasteiger partial charge in [0.05, 0.1) is 10.9 Å². The maximum absolute atomic E-state index is 5.79. The van der Waals surface area contributed by atoms with E-state index in [1.807, 2.05) is 12.1 Å². The average Bonchev–Trinajstić information content (AvgIpc) is 2.72. The summed E-state index contributed by atoms with van der Waals surface area (Å²) in [5.74, 6) is 0.307. The van der Waals surface area contributed by atoms with Crippen molar-refractivity contribution < 1.29 is 0 Å². The van der Waals surface area contributed by atoms with Crippen LogP contribution in [-0.4, -0.2) is 9.36 Å². The van der Waals surface area contributed by atoms with Gasteiger partial charge in [0.2, 0.25) is 11.1 Å². The minimum atomic E-state index is 0.307. The fraction of sp³-hybridized carbons (Fsp3) is 0.143. The number of hydrogen-bond acceptors (Lipinski definition) is 6. The molecule has 3 N–H and O–H groups in total. The molecular weight excluding hydrogens is 240 g/mol. The van der Waals surface area contributed by atoms with Crippen molar-refractivity contribution in [3.63, 3.8) is 0 Å². The van der Waals surface area contributed by atoms with E-state index in [0.717, 1.165) is 14.3 Å². The molecule has 0 aliphatic carbocycles. The number of anilines is 2.